The number of benzene rings is 1. The van der Waals surface area contributed by atoms with E-state index in [9.17, 15) is 14.4 Å². The summed E-state index contributed by atoms with van der Waals surface area (Å²) in [4.78, 5) is 34.7. The number of nitrogens with one attached hydrogen (secondary N) is 1. The lowest BCUT2D eigenvalue weighted by Crippen LogP contribution is -2.31. The van der Waals surface area contributed by atoms with E-state index in [1.54, 1.807) is 38.1 Å². The maximum atomic E-state index is 12.0. The molecule has 1 amide bonds. The van der Waals surface area contributed by atoms with E-state index in [0.717, 1.165) is 12.8 Å². The van der Waals surface area contributed by atoms with Crippen LogP contribution in [0.5, 0.6) is 5.75 Å². The first-order valence-electron chi connectivity index (χ1n) is 8.28. The molecule has 7 nitrogen and oxygen atoms in total. The van der Waals surface area contributed by atoms with Gasteiger partial charge in [-0.05, 0) is 44.5 Å². The molecule has 0 bridgehead atoms. The average Bonchev–Trinajstić information content (AvgIpc) is 2.58. The van der Waals surface area contributed by atoms with Crippen LogP contribution in [0.1, 0.15) is 44.0 Å². The molecule has 0 unspecified atom stereocenters. The van der Waals surface area contributed by atoms with Crippen molar-refractivity contribution in [1.82, 2.24) is 5.32 Å². The van der Waals surface area contributed by atoms with Crippen molar-refractivity contribution in [2.24, 2.45) is 0 Å². The molecule has 1 N–H and O–H groups in total. The number of amides is 1. The van der Waals surface area contributed by atoms with Gasteiger partial charge in [0.1, 0.15) is 12.3 Å². The van der Waals surface area contributed by atoms with Crippen LogP contribution in [-0.4, -0.2) is 43.7 Å². The zero-order valence-corrected chi connectivity index (χ0v) is 14.9. The number of hydrogen-bond donors (Lipinski definition) is 1. The van der Waals surface area contributed by atoms with Crippen molar-refractivity contribution in [3.05, 3.63) is 29.8 Å². The first kappa shape index (κ1) is 20.5. The molecule has 0 atom stereocenters. The predicted octanol–water partition coefficient (Wildman–Crippen LogP) is 2.09. The van der Waals surface area contributed by atoms with Crippen LogP contribution in [0.25, 0.3) is 0 Å². The third-order valence-corrected chi connectivity index (χ3v) is 2.99. The molecular formula is C18H25NO6. The molecule has 0 aliphatic heterocycles. The molecule has 25 heavy (non-hydrogen) atoms. The fourth-order valence-electron chi connectivity index (χ4n) is 1.78. The van der Waals surface area contributed by atoms with Gasteiger partial charge in [-0.1, -0.05) is 13.3 Å². The van der Waals surface area contributed by atoms with Gasteiger partial charge in [0, 0.05) is 5.56 Å². The highest BCUT2D eigenvalue weighted by Crippen LogP contribution is 2.12. The second-order valence-corrected chi connectivity index (χ2v) is 5.61. The van der Waals surface area contributed by atoms with Crippen LogP contribution in [0.3, 0.4) is 0 Å². The zero-order chi connectivity index (χ0) is 18.7. The molecule has 0 aliphatic carbocycles. The largest absolute Gasteiger partial charge is 0.494 e. The summed E-state index contributed by atoms with van der Waals surface area (Å²) >= 11 is 0. The first-order chi connectivity index (χ1) is 11.9. The summed E-state index contributed by atoms with van der Waals surface area (Å²) in [7, 11) is 0. The number of esters is 2. The van der Waals surface area contributed by atoms with E-state index in [0.29, 0.717) is 17.9 Å². The van der Waals surface area contributed by atoms with Crippen LogP contribution < -0.4 is 10.1 Å². The van der Waals surface area contributed by atoms with Gasteiger partial charge in [-0.2, -0.15) is 0 Å². The van der Waals surface area contributed by atoms with E-state index in [4.69, 9.17) is 14.2 Å². The molecule has 0 saturated heterocycles. The summed E-state index contributed by atoms with van der Waals surface area (Å²) in [5.74, 6) is -1.07. The molecule has 0 aliphatic rings. The van der Waals surface area contributed by atoms with Gasteiger partial charge in [0.15, 0.2) is 6.61 Å². The van der Waals surface area contributed by atoms with Crippen molar-refractivity contribution < 1.29 is 28.6 Å². The summed E-state index contributed by atoms with van der Waals surface area (Å²) < 4.78 is 15.1. The Morgan fingerprint density at radius 3 is 2.36 bits per heavy atom. The van der Waals surface area contributed by atoms with Crippen molar-refractivity contribution in [2.75, 3.05) is 19.8 Å². The van der Waals surface area contributed by atoms with Crippen LogP contribution in [0.15, 0.2) is 24.3 Å². The summed E-state index contributed by atoms with van der Waals surface area (Å²) in [5, 5.41) is 2.43. The van der Waals surface area contributed by atoms with E-state index < -0.39 is 24.5 Å². The van der Waals surface area contributed by atoms with Gasteiger partial charge in [0.05, 0.1) is 12.7 Å². The minimum atomic E-state index is -0.714. The highest BCUT2D eigenvalue weighted by Gasteiger charge is 2.12. The third-order valence-electron chi connectivity index (χ3n) is 2.99. The van der Waals surface area contributed by atoms with Gasteiger partial charge in [-0.15, -0.1) is 0 Å². The predicted molar refractivity (Wildman–Crippen MR) is 91.4 cm³/mol. The smallest absolute Gasteiger partial charge is 0.344 e. The molecule has 138 valence electrons. The monoisotopic (exact) mass is 351 g/mol. The fraction of sp³-hybridized carbons (Fsp3) is 0.500. The van der Waals surface area contributed by atoms with Crippen molar-refractivity contribution >= 4 is 17.8 Å². The Morgan fingerprint density at radius 1 is 1.08 bits per heavy atom. The van der Waals surface area contributed by atoms with Crippen molar-refractivity contribution in [2.45, 2.75) is 39.7 Å². The summed E-state index contributed by atoms with van der Waals surface area (Å²) in [6.07, 6.45) is 1.74. The molecule has 0 aromatic heterocycles. The molecule has 0 radical (unpaired) electrons. The lowest BCUT2D eigenvalue weighted by Gasteiger charge is -2.09. The minimum absolute atomic E-state index is 0.278. The van der Waals surface area contributed by atoms with Crippen molar-refractivity contribution in [3.8, 4) is 5.75 Å². The molecule has 1 aromatic rings. The standard InChI is InChI=1S/C18H25NO6/c1-4-5-10-23-15-8-6-14(7-9-15)18(22)19-11-16(20)24-12-17(21)25-13(2)3/h6-9,13H,4-5,10-12H2,1-3H3,(H,19,22). The maximum absolute atomic E-state index is 12.0. The van der Waals surface area contributed by atoms with Gasteiger partial charge in [-0.3, -0.25) is 9.59 Å². The minimum Gasteiger partial charge on any atom is -0.494 e. The van der Waals surface area contributed by atoms with Crippen LogP contribution in [0.4, 0.5) is 0 Å². The van der Waals surface area contributed by atoms with E-state index >= 15 is 0 Å². The molecule has 0 saturated carbocycles. The van der Waals surface area contributed by atoms with Crippen LogP contribution >= 0.6 is 0 Å². The van der Waals surface area contributed by atoms with Gasteiger partial charge in [0.25, 0.3) is 5.91 Å². The SMILES string of the molecule is CCCCOc1ccc(C(=O)NCC(=O)OCC(=O)OC(C)C)cc1. The Bertz CT molecular complexity index is 567. The highest BCUT2D eigenvalue weighted by atomic mass is 16.6. The lowest BCUT2D eigenvalue weighted by atomic mass is 10.2. The summed E-state index contributed by atoms with van der Waals surface area (Å²) in [6.45, 7) is 5.29. The molecule has 1 aromatic carbocycles. The fourth-order valence-corrected chi connectivity index (χ4v) is 1.78. The van der Waals surface area contributed by atoms with Crippen molar-refractivity contribution in [3.63, 3.8) is 0 Å². The molecule has 0 heterocycles. The normalized spacial score (nSPS) is 10.2. The Hall–Kier alpha value is -2.57. The van der Waals surface area contributed by atoms with Crippen LogP contribution in [0, 0.1) is 0 Å². The van der Waals surface area contributed by atoms with Crippen LogP contribution in [0.2, 0.25) is 0 Å². The number of rotatable bonds is 10. The van der Waals surface area contributed by atoms with Crippen LogP contribution in [-0.2, 0) is 19.1 Å². The lowest BCUT2D eigenvalue weighted by molar-refractivity contribution is -0.160. The molecular weight excluding hydrogens is 326 g/mol. The van der Waals surface area contributed by atoms with E-state index in [2.05, 4.69) is 12.2 Å². The van der Waals surface area contributed by atoms with E-state index in [1.807, 2.05) is 0 Å². The second kappa shape index (κ2) is 11.1. The Labute approximate surface area is 147 Å². The number of carbonyl (C=O) groups excluding carboxylic acids is 3. The Morgan fingerprint density at radius 2 is 1.76 bits per heavy atom. The molecule has 0 spiro atoms. The summed E-state index contributed by atoms with van der Waals surface area (Å²) in [5.41, 5.74) is 0.398. The number of ether oxygens (including phenoxy) is 3. The van der Waals surface area contributed by atoms with Gasteiger partial charge in [0.2, 0.25) is 0 Å². The second-order valence-electron chi connectivity index (χ2n) is 5.61. The number of carbonyl (C=O) groups is 3. The summed E-state index contributed by atoms with van der Waals surface area (Å²) in [6, 6.07) is 6.62. The Kier molecular flexibility index (Phi) is 9.06. The highest BCUT2D eigenvalue weighted by molar-refractivity contribution is 5.96. The zero-order valence-electron chi connectivity index (χ0n) is 14.9. The Balaban J connectivity index is 2.33. The molecule has 1 rings (SSSR count). The number of unbranched alkanes of at least 4 members (excludes halogenated alkanes) is 1. The molecule has 7 heteroatoms. The van der Waals surface area contributed by atoms with Gasteiger partial charge >= 0.3 is 11.9 Å². The third kappa shape index (κ3) is 8.74. The average molecular weight is 351 g/mol. The molecule has 0 fully saturated rings. The topological polar surface area (TPSA) is 90.9 Å². The van der Waals surface area contributed by atoms with Gasteiger partial charge < -0.3 is 19.5 Å². The number of hydrogen-bond acceptors (Lipinski definition) is 6. The van der Waals surface area contributed by atoms with Gasteiger partial charge in [-0.25, -0.2) is 4.79 Å². The van der Waals surface area contributed by atoms with Crippen molar-refractivity contribution in [1.29, 1.82) is 0 Å². The quantitative estimate of drug-likeness (QED) is 0.513. The first-order valence-corrected chi connectivity index (χ1v) is 8.28. The van der Waals surface area contributed by atoms with E-state index in [1.165, 1.54) is 0 Å². The van der Waals surface area contributed by atoms with E-state index in [-0.39, 0.29) is 12.6 Å². The maximum Gasteiger partial charge on any atom is 0.344 e.